The molecule has 9 nitrogen and oxygen atoms in total. The molecule has 0 saturated heterocycles. The number of para-hydroxylation sites is 2. The molecule has 1 aromatic heterocycles. The lowest BCUT2D eigenvalue weighted by Crippen LogP contribution is -2.17. The molecular formula is C23H17N5O4. The van der Waals surface area contributed by atoms with Gasteiger partial charge in [-0.1, -0.05) is 42.5 Å². The van der Waals surface area contributed by atoms with Crippen molar-refractivity contribution in [2.24, 2.45) is 5.10 Å². The lowest BCUT2D eigenvalue weighted by atomic mass is 10.1. The summed E-state index contributed by atoms with van der Waals surface area (Å²) in [6.45, 7) is 0. The van der Waals surface area contributed by atoms with Crippen molar-refractivity contribution in [3.05, 3.63) is 106 Å². The summed E-state index contributed by atoms with van der Waals surface area (Å²) < 4.78 is 1.63. The van der Waals surface area contributed by atoms with Gasteiger partial charge in [-0.25, -0.2) is 10.1 Å². The van der Waals surface area contributed by atoms with Gasteiger partial charge in [0, 0.05) is 29.5 Å². The van der Waals surface area contributed by atoms with Crippen LogP contribution >= 0.6 is 0 Å². The number of carbonyl (C=O) groups is 1. The molecule has 0 unspecified atom stereocenters. The molecule has 9 heteroatoms. The van der Waals surface area contributed by atoms with E-state index in [9.17, 15) is 20.0 Å². The van der Waals surface area contributed by atoms with Crippen LogP contribution in [0.1, 0.15) is 15.9 Å². The summed E-state index contributed by atoms with van der Waals surface area (Å²) in [5.41, 5.74) is 4.70. The SMILES string of the molecule is O=C(N/N=C\c1cn(-c2ccccc2)nc1-c1cccc([N+](=O)[O-])c1)c1ccccc1O. The number of benzene rings is 3. The van der Waals surface area contributed by atoms with E-state index in [0.29, 0.717) is 16.8 Å². The molecule has 1 amide bonds. The van der Waals surface area contributed by atoms with Gasteiger partial charge in [0.15, 0.2) is 0 Å². The normalized spacial score (nSPS) is 10.9. The van der Waals surface area contributed by atoms with Crippen molar-refractivity contribution in [2.45, 2.75) is 0 Å². The minimum absolute atomic E-state index is 0.0625. The first kappa shape index (κ1) is 20.5. The molecule has 1 heterocycles. The van der Waals surface area contributed by atoms with Crippen molar-refractivity contribution >= 4 is 17.8 Å². The molecule has 0 aliphatic heterocycles. The lowest BCUT2D eigenvalue weighted by molar-refractivity contribution is -0.384. The number of hydrogen-bond acceptors (Lipinski definition) is 6. The highest BCUT2D eigenvalue weighted by molar-refractivity contribution is 5.97. The van der Waals surface area contributed by atoms with Crippen molar-refractivity contribution in [3.63, 3.8) is 0 Å². The number of aromatic nitrogens is 2. The van der Waals surface area contributed by atoms with E-state index in [4.69, 9.17) is 0 Å². The van der Waals surface area contributed by atoms with E-state index >= 15 is 0 Å². The Bertz CT molecular complexity index is 1310. The molecule has 0 spiro atoms. The Kier molecular flexibility index (Phi) is 5.71. The van der Waals surface area contributed by atoms with Crippen molar-refractivity contribution in [1.82, 2.24) is 15.2 Å². The van der Waals surface area contributed by atoms with Gasteiger partial charge >= 0.3 is 0 Å². The molecule has 0 aliphatic rings. The number of nitrogens with zero attached hydrogens (tertiary/aromatic N) is 4. The van der Waals surface area contributed by atoms with Gasteiger partial charge < -0.3 is 5.11 Å². The molecule has 0 aliphatic carbocycles. The maximum absolute atomic E-state index is 12.3. The van der Waals surface area contributed by atoms with E-state index in [-0.39, 0.29) is 17.0 Å². The lowest BCUT2D eigenvalue weighted by Gasteiger charge is -2.02. The van der Waals surface area contributed by atoms with Gasteiger partial charge in [0.25, 0.3) is 11.6 Å². The number of hydrogen-bond donors (Lipinski definition) is 2. The largest absolute Gasteiger partial charge is 0.507 e. The van der Waals surface area contributed by atoms with Crippen LogP contribution in [0.2, 0.25) is 0 Å². The zero-order chi connectivity index (χ0) is 22.5. The Labute approximate surface area is 182 Å². The number of nitrogens with one attached hydrogen (secondary N) is 1. The minimum atomic E-state index is -0.577. The van der Waals surface area contributed by atoms with Gasteiger partial charge in [-0.2, -0.15) is 10.2 Å². The number of rotatable bonds is 6. The molecule has 0 bridgehead atoms. The van der Waals surface area contributed by atoms with Gasteiger partial charge in [0.2, 0.25) is 0 Å². The maximum atomic E-state index is 12.3. The maximum Gasteiger partial charge on any atom is 0.275 e. The van der Waals surface area contributed by atoms with E-state index in [1.54, 1.807) is 35.1 Å². The highest BCUT2D eigenvalue weighted by Crippen LogP contribution is 2.26. The molecular weight excluding hydrogens is 410 g/mol. The summed E-state index contributed by atoms with van der Waals surface area (Å²) in [5, 5.41) is 29.6. The van der Waals surface area contributed by atoms with Crippen LogP contribution in [-0.4, -0.2) is 31.9 Å². The van der Waals surface area contributed by atoms with Crippen LogP contribution in [0.25, 0.3) is 16.9 Å². The second kappa shape index (κ2) is 8.92. The van der Waals surface area contributed by atoms with Gasteiger partial charge in [0.05, 0.1) is 22.4 Å². The summed E-state index contributed by atoms with van der Waals surface area (Å²) in [5.74, 6) is -0.735. The number of phenols is 1. The van der Waals surface area contributed by atoms with E-state index in [1.807, 2.05) is 30.3 Å². The fourth-order valence-corrected chi connectivity index (χ4v) is 3.07. The second-order valence-corrected chi connectivity index (χ2v) is 6.74. The van der Waals surface area contributed by atoms with Crippen LogP contribution in [0, 0.1) is 10.1 Å². The number of non-ortho nitro benzene ring substituents is 1. The Balaban J connectivity index is 1.68. The number of carbonyl (C=O) groups excluding carboxylic acids is 1. The Morgan fingerprint density at radius 3 is 2.56 bits per heavy atom. The summed E-state index contributed by atoms with van der Waals surface area (Å²) in [6.07, 6.45) is 3.11. The highest BCUT2D eigenvalue weighted by atomic mass is 16.6. The molecule has 4 aromatic rings. The van der Waals surface area contributed by atoms with E-state index in [1.165, 1.54) is 30.5 Å². The first-order valence-corrected chi connectivity index (χ1v) is 9.54. The molecule has 32 heavy (non-hydrogen) atoms. The van der Waals surface area contributed by atoms with Gasteiger partial charge in [-0.3, -0.25) is 14.9 Å². The van der Waals surface area contributed by atoms with Crippen LogP contribution in [0.3, 0.4) is 0 Å². The first-order valence-electron chi connectivity index (χ1n) is 9.54. The number of nitro groups is 1. The van der Waals surface area contributed by atoms with E-state index < -0.39 is 10.8 Å². The van der Waals surface area contributed by atoms with Crippen molar-refractivity contribution < 1.29 is 14.8 Å². The van der Waals surface area contributed by atoms with E-state index in [2.05, 4.69) is 15.6 Å². The fraction of sp³-hybridized carbons (Fsp3) is 0. The van der Waals surface area contributed by atoms with Crippen LogP contribution in [0.15, 0.2) is 90.2 Å². The van der Waals surface area contributed by atoms with Gasteiger partial charge in [-0.05, 0) is 24.3 Å². The molecule has 158 valence electrons. The topological polar surface area (TPSA) is 123 Å². The fourth-order valence-electron chi connectivity index (χ4n) is 3.07. The number of nitro benzene ring substituents is 1. The summed E-state index contributed by atoms with van der Waals surface area (Å²) >= 11 is 0. The highest BCUT2D eigenvalue weighted by Gasteiger charge is 2.15. The smallest absolute Gasteiger partial charge is 0.275 e. The third-order valence-electron chi connectivity index (χ3n) is 4.61. The molecule has 0 fully saturated rings. The Morgan fingerprint density at radius 1 is 1.06 bits per heavy atom. The first-order chi connectivity index (χ1) is 15.5. The van der Waals surface area contributed by atoms with Crippen molar-refractivity contribution in [1.29, 1.82) is 0 Å². The summed E-state index contributed by atoms with van der Waals surface area (Å²) in [4.78, 5) is 23.0. The summed E-state index contributed by atoms with van der Waals surface area (Å²) in [6, 6.07) is 21.6. The van der Waals surface area contributed by atoms with Crippen LogP contribution in [0.4, 0.5) is 5.69 Å². The monoisotopic (exact) mass is 427 g/mol. The third kappa shape index (κ3) is 4.36. The zero-order valence-corrected chi connectivity index (χ0v) is 16.6. The number of amides is 1. The Hall–Kier alpha value is -4.79. The molecule has 4 rings (SSSR count). The standard InChI is InChI=1S/C23H17N5O4/c29-21-12-5-4-11-20(21)23(30)25-24-14-17-15-27(18-8-2-1-3-9-18)26-22(17)16-7-6-10-19(13-16)28(31)32/h1-15,29H,(H,25,30)/b24-14-. The van der Waals surface area contributed by atoms with Gasteiger partial charge in [0.1, 0.15) is 11.4 Å². The predicted molar refractivity (Wildman–Crippen MR) is 119 cm³/mol. The number of phenolic OH excluding ortho intramolecular Hbond substituents is 1. The van der Waals surface area contributed by atoms with Crippen LogP contribution < -0.4 is 5.43 Å². The molecule has 0 atom stereocenters. The minimum Gasteiger partial charge on any atom is -0.507 e. The van der Waals surface area contributed by atoms with Crippen LogP contribution in [0.5, 0.6) is 5.75 Å². The average Bonchev–Trinajstić information content (AvgIpc) is 3.24. The average molecular weight is 427 g/mol. The van der Waals surface area contributed by atoms with Crippen LogP contribution in [-0.2, 0) is 0 Å². The predicted octanol–water partition coefficient (Wildman–Crippen LogP) is 3.92. The van der Waals surface area contributed by atoms with Gasteiger partial charge in [-0.15, -0.1) is 0 Å². The quantitative estimate of drug-likeness (QED) is 0.274. The molecule has 0 saturated carbocycles. The number of aromatic hydroxyl groups is 1. The zero-order valence-electron chi connectivity index (χ0n) is 16.6. The Morgan fingerprint density at radius 2 is 1.81 bits per heavy atom. The summed E-state index contributed by atoms with van der Waals surface area (Å²) in [7, 11) is 0. The molecule has 3 aromatic carbocycles. The van der Waals surface area contributed by atoms with Crippen molar-refractivity contribution in [2.75, 3.05) is 0 Å². The molecule has 2 N–H and O–H groups in total. The van der Waals surface area contributed by atoms with E-state index in [0.717, 1.165) is 5.69 Å². The number of hydrazone groups is 1. The molecule has 0 radical (unpaired) electrons. The second-order valence-electron chi connectivity index (χ2n) is 6.74. The van der Waals surface area contributed by atoms with Crippen molar-refractivity contribution in [3.8, 4) is 22.7 Å². The third-order valence-corrected chi connectivity index (χ3v) is 4.61.